The molecule has 1 aromatic rings. The molecular formula is C16H26N2O2S. The van der Waals surface area contributed by atoms with E-state index in [-0.39, 0.29) is 5.54 Å². The van der Waals surface area contributed by atoms with Crippen LogP contribution >= 0.6 is 0 Å². The Morgan fingerprint density at radius 1 is 1.19 bits per heavy atom. The molecule has 0 unspecified atom stereocenters. The smallest absolute Gasteiger partial charge is 0.241 e. The number of nitrogens with one attached hydrogen (secondary N) is 2. The monoisotopic (exact) mass is 310 g/mol. The first-order chi connectivity index (χ1) is 10.0. The van der Waals surface area contributed by atoms with Gasteiger partial charge in [-0.05, 0) is 50.3 Å². The number of sulfonamides is 1. The topological polar surface area (TPSA) is 58.2 Å². The average Bonchev–Trinajstić information content (AvgIpc) is 2.44. The van der Waals surface area contributed by atoms with Crippen LogP contribution in [0.5, 0.6) is 0 Å². The van der Waals surface area contributed by atoms with Gasteiger partial charge < -0.3 is 5.32 Å². The molecule has 0 saturated heterocycles. The number of rotatable bonds is 8. The van der Waals surface area contributed by atoms with Gasteiger partial charge in [-0.2, -0.15) is 0 Å². The first kappa shape index (κ1) is 16.5. The summed E-state index contributed by atoms with van der Waals surface area (Å²) in [7, 11) is -3.45. The van der Waals surface area contributed by atoms with E-state index in [0.29, 0.717) is 11.4 Å². The third kappa shape index (κ3) is 3.84. The molecule has 4 nitrogen and oxygen atoms in total. The highest BCUT2D eigenvalue weighted by atomic mass is 32.2. The Balaban J connectivity index is 2.19. The minimum Gasteiger partial charge on any atom is -0.313 e. The van der Waals surface area contributed by atoms with Gasteiger partial charge in [0.25, 0.3) is 0 Å². The maximum Gasteiger partial charge on any atom is 0.241 e. The number of hydrogen-bond acceptors (Lipinski definition) is 3. The van der Waals surface area contributed by atoms with Crippen LogP contribution in [0.2, 0.25) is 0 Å². The zero-order chi connectivity index (χ0) is 15.3. The SMILES string of the molecule is CCCNCc1ccccc1S(=O)(=O)NC1(CC)CCC1. The maximum atomic E-state index is 12.7. The predicted molar refractivity (Wildman–Crippen MR) is 85.6 cm³/mol. The summed E-state index contributed by atoms with van der Waals surface area (Å²) in [5.41, 5.74) is 0.618. The van der Waals surface area contributed by atoms with E-state index in [1.807, 2.05) is 12.1 Å². The molecule has 0 atom stereocenters. The molecule has 21 heavy (non-hydrogen) atoms. The number of hydrogen-bond donors (Lipinski definition) is 2. The Kier molecular flexibility index (Phi) is 5.41. The van der Waals surface area contributed by atoms with Gasteiger partial charge in [0.05, 0.1) is 4.90 Å². The van der Waals surface area contributed by atoms with Gasteiger partial charge in [-0.1, -0.05) is 32.0 Å². The quantitative estimate of drug-likeness (QED) is 0.726. The second kappa shape index (κ2) is 6.90. The Morgan fingerprint density at radius 2 is 1.90 bits per heavy atom. The first-order valence-electron chi connectivity index (χ1n) is 7.85. The van der Waals surface area contributed by atoms with Crippen molar-refractivity contribution >= 4 is 10.0 Å². The van der Waals surface area contributed by atoms with E-state index in [9.17, 15) is 8.42 Å². The summed E-state index contributed by atoms with van der Waals surface area (Å²) in [6.45, 7) is 5.62. The second-order valence-electron chi connectivity index (χ2n) is 5.88. The lowest BCUT2D eigenvalue weighted by molar-refractivity contribution is 0.214. The second-order valence-corrected chi connectivity index (χ2v) is 7.53. The molecule has 2 rings (SSSR count). The highest BCUT2D eigenvalue weighted by Gasteiger charge is 2.39. The van der Waals surface area contributed by atoms with Crippen molar-refractivity contribution in [1.29, 1.82) is 0 Å². The standard InChI is InChI=1S/C16H26N2O2S/c1-3-12-17-13-14-8-5-6-9-15(14)21(19,20)18-16(4-2)10-7-11-16/h5-6,8-9,17-18H,3-4,7,10-13H2,1-2H3. The van der Waals surface area contributed by atoms with Crippen LogP contribution in [0.15, 0.2) is 29.2 Å². The van der Waals surface area contributed by atoms with E-state index >= 15 is 0 Å². The van der Waals surface area contributed by atoms with Crippen LogP contribution in [0.1, 0.15) is 51.5 Å². The van der Waals surface area contributed by atoms with E-state index in [2.05, 4.69) is 23.9 Å². The molecule has 0 amide bonds. The van der Waals surface area contributed by atoms with Crippen molar-refractivity contribution < 1.29 is 8.42 Å². The maximum absolute atomic E-state index is 12.7. The Bertz CT molecular complexity index is 560. The van der Waals surface area contributed by atoms with Gasteiger partial charge in [-0.3, -0.25) is 0 Å². The van der Waals surface area contributed by atoms with E-state index < -0.39 is 10.0 Å². The highest BCUT2D eigenvalue weighted by molar-refractivity contribution is 7.89. The summed E-state index contributed by atoms with van der Waals surface area (Å²) in [6.07, 6.45) is 4.88. The summed E-state index contributed by atoms with van der Waals surface area (Å²) in [5.74, 6) is 0. The third-order valence-electron chi connectivity index (χ3n) is 4.34. The van der Waals surface area contributed by atoms with Crippen LogP contribution < -0.4 is 10.0 Å². The van der Waals surface area contributed by atoms with Crippen molar-refractivity contribution in [1.82, 2.24) is 10.0 Å². The van der Waals surface area contributed by atoms with E-state index in [1.54, 1.807) is 12.1 Å². The fourth-order valence-electron chi connectivity index (χ4n) is 2.78. The molecule has 1 fully saturated rings. The minimum atomic E-state index is -3.45. The Labute approximate surface area is 128 Å². The molecule has 0 spiro atoms. The molecule has 2 N–H and O–H groups in total. The summed E-state index contributed by atoms with van der Waals surface area (Å²) in [6, 6.07) is 7.27. The Hall–Kier alpha value is -0.910. The van der Waals surface area contributed by atoms with Crippen molar-refractivity contribution in [3.05, 3.63) is 29.8 Å². The van der Waals surface area contributed by atoms with Gasteiger partial charge in [-0.15, -0.1) is 0 Å². The van der Waals surface area contributed by atoms with Crippen molar-refractivity contribution in [3.8, 4) is 0 Å². The average molecular weight is 310 g/mol. The minimum absolute atomic E-state index is 0.219. The lowest BCUT2D eigenvalue weighted by atomic mass is 9.76. The van der Waals surface area contributed by atoms with Gasteiger partial charge in [0.15, 0.2) is 0 Å². The molecule has 0 aliphatic heterocycles. The van der Waals surface area contributed by atoms with Gasteiger partial charge in [0.1, 0.15) is 0 Å². The van der Waals surface area contributed by atoms with Crippen LogP contribution in [0.3, 0.4) is 0 Å². The van der Waals surface area contributed by atoms with Crippen LogP contribution in [-0.2, 0) is 16.6 Å². The molecular weight excluding hydrogens is 284 g/mol. The zero-order valence-corrected chi connectivity index (χ0v) is 13.8. The lowest BCUT2D eigenvalue weighted by Gasteiger charge is -2.41. The fourth-order valence-corrected chi connectivity index (χ4v) is 4.55. The highest BCUT2D eigenvalue weighted by Crippen LogP contribution is 2.36. The molecule has 1 aliphatic carbocycles. The van der Waals surface area contributed by atoms with Crippen molar-refractivity contribution in [2.45, 2.75) is 62.9 Å². The van der Waals surface area contributed by atoms with Crippen LogP contribution in [0.25, 0.3) is 0 Å². The normalized spacial score (nSPS) is 17.4. The molecule has 118 valence electrons. The largest absolute Gasteiger partial charge is 0.313 e. The van der Waals surface area contributed by atoms with Gasteiger partial charge in [0, 0.05) is 12.1 Å². The summed E-state index contributed by atoms with van der Waals surface area (Å²) < 4.78 is 28.4. The van der Waals surface area contributed by atoms with Crippen molar-refractivity contribution in [2.24, 2.45) is 0 Å². The molecule has 0 heterocycles. The van der Waals surface area contributed by atoms with Crippen LogP contribution in [0.4, 0.5) is 0 Å². The molecule has 1 aromatic carbocycles. The predicted octanol–water partition coefficient (Wildman–Crippen LogP) is 2.80. The summed E-state index contributed by atoms with van der Waals surface area (Å²) >= 11 is 0. The van der Waals surface area contributed by atoms with Crippen molar-refractivity contribution in [3.63, 3.8) is 0 Å². The molecule has 0 aromatic heterocycles. The van der Waals surface area contributed by atoms with Gasteiger partial charge in [0.2, 0.25) is 10.0 Å². The van der Waals surface area contributed by atoms with Crippen LogP contribution in [-0.4, -0.2) is 20.5 Å². The third-order valence-corrected chi connectivity index (χ3v) is 6.02. The zero-order valence-electron chi connectivity index (χ0n) is 13.0. The molecule has 1 aliphatic rings. The summed E-state index contributed by atoms with van der Waals surface area (Å²) in [5, 5.41) is 3.28. The molecule has 0 bridgehead atoms. The number of benzene rings is 1. The van der Waals surface area contributed by atoms with Crippen molar-refractivity contribution in [2.75, 3.05) is 6.54 Å². The van der Waals surface area contributed by atoms with E-state index in [4.69, 9.17) is 0 Å². The van der Waals surface area contributed by atoms with Crippen LogP contribution in [0, 0.1) is 0 Å². The Morgan fingerprint density at radius 3 is 2.48 bits per heavy atom. The molecule has 1 saturated carbocycles. The first-order valence-corrected chi connectivity index (χ1v) is 9.34. The lowest BCUT2D eigenvalue weighted by Crippen LogP contribution is -2.52. The van der Waals surface area contributed by atoms with E-state index in [0.717, 1.165) is 44.2 Å². The molecule has 5 heteroatoms. The van der Waals surface area contributed by atoms with Gasteiger partial charge >= 0.3 is 0 Å². The van der Waals surface area contributed by atoms with E-state index in [1.165, 1.54) is 0 Å². The summed E-state index contributed by atoms with van der Waals surface area (Å²) in [4.78, 5) is 0.410. The fraction of sp³-hybridized carbons (Fsp3) is 0.625. The molecule has 0 radical (unpaired) electrons. The van der Waals surface area contributed by atoms with Gasteiger partial charge in [-0.25, -0.2) is 13.1 Å².